The summed E-state index contributed by atoms with van der Waals surface area (Å²) in [4.78, 5) is 2.37. The van der Waals surface area contributed by atoms with Crippen molar-refractivity contribution in [3.63, 3.8) is 0 Å². The predicted molar refractivity (Wildman–Crippen MR) is 67.8 cm³/mol. The smallest absolute Gasteiger partial charge is 0.0610 e. The van der Waals surface area contributed by atoms with Gasteiger partial charge in [-0.25, -0.2) is 0 Å². The molecule has 16 heavy (non-hydrogen) atoms. The summed E-state index contributed by atoms with van der Waals surface area (Å²) in [5.41, 5.74) is -0.180. The van der Waals surface area contributed by atoms with Gasteiger partial charge in [0, 0.05) is 31.8 Å². The molecule has 0 aliphatic rings. The van der Waals surface area contributed by atoms with Crippen molar-refractivity contribution in [2.45, 2.75) is 38.8 Å². The minimum absolute atomic E-state index is 0.166. The molecule has 0 amide bonds. The van der Waals surface area contributed by atoms with Crippen LogP contribution in [-0.4, -0.2) is 62.0 Å². The van der Waals surface area contributed by atoms with E-state index >= 15 is 0 Å². The molecule has 1 atom stereocenters. The summed E-state index contributed by atoms with van der Waals surface area (Å²) in [6, 6.07) is 0.509. The first-order valence-corrected chi connectivity index (χ1v) is 6.02. The number of methoxy groups -OCH3 is 1. The van der Waals surface area contributed by atoms with Crippen molar-refractivity contribution in [1.82, 2.24) is 10.2 Å². The van der Waals surface area contributed by atoms with Crippen LogP contribution in [0.4, 0.5) is 0 Å². The van der Waals surface area contributed by atoms with Crippen molar-refractivity contribution in [2.75, 3.05) is 40.5 Å². The lowest BCUT2D eigenvalue weighted by Gasteiger charge is -2.32. The maximum Gasteiger partial charge on any atom is 0.0610 e. The Bertz CT molecular complexity index is 170. The fraction of sp³-hybridized carbons (Fsp3) is 1.00. The van der Waals surface area contributed by atoms with Crippen LogP contribution in [0.2, 0.25) is 0 Å². The average molecular weight is 232 g/mol. The van der Waals surface area contributed by atoms with Gasteiger partial charge in [-0.1, -0.05) is 0 Å². The van der Waals surface area contributed by atoms with Crippen molar-refractivity contribution in [1.29, 1.82) is 0 Å². The Kier molecular flexibility index (Phi) is 7.93. The van der Waals surface area contributed by atoms with Gasteiger partial charge in [0.25, 0.3) is 0 Å². The molecule has 1 unspecified atom stereocenters. The molecule has 0 saturated heterocycles. The van der Waals surface area contributed by atoms with Gasteiger partial charge in [-0.15, -0.1) is 0 Å². The molecular formula is C12H28N2O2. The van der Waals surface area contributed by atoms with E-state index in [2.05, 4.69) is 24.1 Å². The van der Waals surface area contributed by atoms with Gasteiger partial charge in [-0.05, 0) is 34.2 Å². The van der Waals surface area contributed by atoms with Gasteiger partial charge in [0.05, 0.1) is 13.2 Å². The zero-order chi connectivity index (χ0) is 12.6. The molecule has 0 radical (unpaired) electrons. The molecular weight excluding hydrogens is 204 g/mol. The Balaban J connectivity index is 4.09. The lowest BCUT2D eigenvalue weighted by atomic mass is 9.99. The second-order valence-corrected chi connectivity index (χ2v) is 4.84. The van der Waals surface area contributed by atoms with Crippen molar-refractivity contribution in [3.05, 3.63) is 0 Å². The fourth-order valence-corrected chi connectivity index (χ4v) is 1.51. The number of rotatable bonds is 9. The summed E-state index contributed by atoms with van der Waals surface area (Å²) in [5, 5.41) is 12.5. The van der Waals surface area contributed by atoms with Crippen LogP contribution in [-0.2, 0) is 4.74 Å². The number of nitrogens with one attached hydrogen (secondary N) is 1. The van der Waals surface area contributed by atoms with E-state index in [0.29, 0.717) is 6.04 Å². The van der Waals surface area contributed by atoms with E-state index in [4.69, 9.17) is 4.74 Å². The predicted octanol–water partition coefficient (Wildman–Crippen LogP) is 0.704. The van der Waals surface area contributed by atoms with Crippen molar-refractivity contribution < 1.29 is 9.84 Å². The molecule has 4 nitrogen and oxygen atoms in total. The second-order valence-electron chi connectivity index (χ2n) is 4.84. The van der Waals surface area contributed by atoms with E-state index in [0.717, 1.165) is 26.1 Å². The van der Waals surface area contributed by atoms with Crippen molar-refractivity contribution >= 4 is 0 Å². The van der Waals surface area contributed by atoms with E-state index in [1.165, 1.54) is 0 Å². The molecule has 2 N–H and O–H groups in total. The molecule has 0 aromatic carbocycles. The first-order chi connectivity index (χ1) is 7.49. The molecule has 98 valence electrons. The van der Waals surface area contributed by atoms with Crippen LogP contribution in [0.25, 0.3) is 0 Å². The molecule has 0 aromatic heterocycles. The first-order valence-electron chi connectivity index (χ1n) is 6.02. The highest BCUT2D eigenvalue weighted by Gasteiger charge is 2.22. The summed E-state index contributed by atoms with van der Waals surface area (Å²) < 4.78 is 5.10. The highest BCUT2D eigenvalue weighted by atomic mass is 16.5. The highest BCUT2D eigenvalue weighted by molar-refractivity contribution is 4.82. The van der Waals surface area contributed by atoms with Gasteiger partial charge in [-0.2, -0.15) is 0 Å². The maximum atomic E-state index is 9.31. The molecule has 0 saturated carbocycles. The number of hydrogen-bond acceptors (Lipinski definition) is 4. The largest absolute Gasteiger partial charge is 0.394 e. The normalized spacial score (nSPS) is 15.8. The second kappa shape index (κ2) is 8.01. The molecule has 0 heterocycles. The molecule has 0 aromatic rings. The molecule has 0 aliphatic heterocycles. The molecule has 0 spiro atoms. The van der Waals surface area contributed by atoms with Crippen molar-refractivity contribution in [2.24, 2.45) is 0 Å². The average Bonchev–Trinajstić information content (AvgIpc) is 2.28. The standard InChI is InChI=1S/C12H28N2O2/c1-11(2)14(8-9-16-5)7-6-12(3,10-15)13-4/h11,13,15H,6-10H2,1-5H3. The highest BCUT2D eigenvalue weighted by Crippen LogP contribution is 2.10. The lowest BCUT2D eigenvalue weighted by Crippen LogP contribution is -2.47. The summed E-state index contributed by atoms with van der Waals surface area (Å²) in [7, 11) is 3.62. The van der Waals surface area contributed by atoms with E-state index in [1.807, 2.05) is 14.0 Å². The SMILES string of the molecule is CNC(C)(CO)CCN(CCOC)C(C)C. The van der Waals surface area contributed by atoms with Crippen LogP contribution in [0.1, 0.15) is 27.2 Å². The number of nitrogens with zero attached hydrogens (tertiary/aromatic N) is 1. The third-order valence-corrected chi connectivity index (χ3v) is 3.22. The summed E-state index contributed by atoms with van der Waals surface area (Å²) >= 11 is 0. The van der Waals surface area contributed by atoms with Crippen LogP contribution >= 0.6 is 0 Å². The number of hydrogen-bond donors (Lipinski definition) is 2. The molecule has 0 aliphatic carbocycles. The summed E-state index contributed by atoms with van der Waals surface area (Å²) in [5.74, 6) is 0. The van der Waals surface area contributed by atoms with Crippen LogP contribution in [0, 0.1) is 0 Å². The van der Waals surface area contributed by atoms with E-state index in [1.54, 1.807) is 7.11 Å². The van der Waals surface area contributed by atoms with Gasteiger partial charge in [0.1, 0.15) is 0 Å². The monoisotopic (exact) mass is 232 g/mol. The van der Waals surface area contributed by atoms with E-state index in [-0.39, 0.29) is 12.1 Å². The van der Waals surface area contributed by atoms with E-state index < -0.39 is 0 Å². The zero-order valence-corrected chi connectivity index (χ0v) is 11.4. The quantitative estimate of drug-likeness (QED) is 0.614. The Morgan fingerprint density at radius 1 is 1.38 bits per heavy atom. The summed E-state index contributed by atoms with van der Waals surface area (Å²) in [6.45, 7) is 9.25. The van der Waals surface area contributed by atoms with Crippen LogP contribution in [0.15, 0.2) is 0 Å². The topological polar surface area (TPSA) is 44.7 Å². The summed E-state index contributed by atoms with van der Waals surface area (Å²) in [6.07, 6.45) is 0.932. The van der Waals surface area contributed by atoms with E-state index in [9.17, 15) is 5.11 Å². The number of likely N-dealkylation sites (N-methyl/N-ethyl adjacent to an activating group) is 1. The first kappa shape index (κ1) is 15.8. The lowest BCUT2D eigenvalue weighted by molar-refractivity contribution is 0.108. The van der Waals surface area contributed by atoms with Crippen LogP contribution in [0.5, 0.6) is 0 Å². The Morgan fingerprint density at radius 3 is 2.38 bits per heavy atom. The number of aliphatic hydroxyl groups excluding tert-OH is 1. The zero-order valence-electron chi connectivity index (χ0n) is 11.4. The van der Waals surface area contributed by atoms with Gasteiger partial charge in [0.2, 0.25) is 0 Å². The Morgan fingerprint density at radius 2 is 2.00 bits per heavy atom. The molecule has 0 bridgehead atoms. The van der Waals surface area contributed by atoms with Gasteiger partial charge in [-0.3, -0.25) is 4.90 Å². The number of ether oxygens (including phenoxy) is 1. The number of aliphatic hydroxyl groups is 1. The molecule has 0 rings (SSSR count). The van der Waals surface area contributed by atoms with Gasteiger partial charge >= 0.3 is 0 Å². The third kappa shape index (κ3) is 5.80. The minimum atomic E-state index is -0.180. The van der Waals surface area contributed by atoms with Crippen LogP contribution in [0.3, 0.4) is 0 Å². The fourth-order valence-electron chi connectivity index (χ4n) is 1.51. The van der Waals surface area contributed by atoms with Crippen molar-refractivity contribution in [3.8, 4) is 0 Å². The maximum absolute atomic E-state index is 9.31. The van der Waals surface area contributed by atoms with Crippen LogP contribution < -0.4 is 5.32 Å². The Hall–Kier alpha value is -0.160. The minimum Gasteiger partial charge on any atom is -0.394 e. The van der Waals surface area contributed by atoms with Gasteiger partial charge in [0.15, 0.2) is 0 Å². The molecule has 0 fully saturated rings. The van der Waals surface area contributed by atoms with Gasteiger partial charge < -0.3 is 15.2 Å². The molecule has 4 heteroatoms. The Labute approximate surface area is 100.0 Å². The third-order valence-electron chi connectivity index (χ3n) is 3.22.